The van der Waals surface area contributed by atoms with Gasteiger partial charge in [0, 0.05) is 33.3 Å². The van der Waals surface area contributed by atoms with Gasteiger partial charge in [-0.15, -0.1) is 0 Å². The largest absolute Gasteiger partial charge is 0.383 e. The molecule has 0 unspecified atom stereocenters. The van der Waals surface area contributed by atoms with E-state index in [4.69, 9.17) is 4.74 Å². The maximum Gasteiger partial charge on any atom is 0.246 e. The van der Waals surface area contributed by atoms with E-state index < -0.39 is 15.8 Å². The molecule has 21 heavy (non-hydrogen) atoms. The third-order valence-corrected chi connectivity index (χ3v) is 5.55. The van der Waals surface area contributed by atoms with E-state index in [1.54, 1.807) is 13.2 Å². The Morgan fingerprint density at radius 1 is 1.19 bits per heavy atom. The highest BCUT2D eigenvalue weighted by Crippen LogP contribution is 2.20. The fourth-order valence-corrected chi connectivity index (χ4v) is 3.96. The van der Waals surface area contributed by atoms with Crippen LogP contribution in [0.4, 0.5) is 4.39 Å². The quantitative estimate of drug-likeness (QED) is 0.818. The van der Waals surface area contributed by atoms with Crippen LogP contribution in [0, 0.1) is 5.82 Å². The van der Waals surface area contributed by atoms with Crippen LogP contribution in [0.5, 0.6) is 0 Å². The van der Waals surface area contributed by atoms with Crippen LogP contribution in [0.15, 0.2) is 29.2 Å². The van der Waals surface area contributed by atoms with Gasteiger partial charge in [-0.1, -0.05) is 12.1 Å². The van der Waals surface area contributed by atoms with E-state index in [0.717, 1.165) is 19.5 Å². The fourth-order valence-electron chi connectivity index (χ4n) is 2.42. The van der Waals surface area contributed by atoms with Crippen LogP contribution in [0.25, 0.3) is 0 Å². The molecule has 5 nitrogen and oxygen atoms in total. The Bertz CT molecular complexity index is 565. The minimum absolute atomic E-state index is 0.240. The fraction of sp³-hybridized carbons (Fsp3) is 0.571. The number of methoxy groups -OCH3 is 1. The molecule has 118 valence electrons. The molecule has 0 bridgehead atoms. The SMILES string of the molecule is COCCN1CCCN(S(=O)(=O)c2ccccc2F)CC1. The van der Waals surface area contributed by atoms with Gasteiger partial charge in [0.2, 0.25) is 10.0 Å². The van der Waals surface area contributed by atoms with E-state index in [-0.39, 0.29) is 4.90 Å². The van der Waals surface area contributed by atoms with Crippen molar-refractivity contribution in [2.24, 2.45) is 0 Å². The van der Waals surface area contributed by atoms with Gasteiger partial charge in [0.25, 0.3) is 0 Å². The molecule has 1 heterocycles. The van der Waals surface area contributed by atoms with Crippen molar-refractivity contribution in [3.63, 3.8) is 0 Å². The molecule has 0 spiro atoms. The molecule has 0 N–H and O–H groups in total. The van der Waals surface area contributed by atoms with Gasteiger partial charge in [-0.3, -0.25) is 4.90 Å². The lowest BCUT2D eigenvalue weighted by molar-refractivity contribution is 0.151. The van der Waals surface area contributed by atoms with Gasteiger partial charge in [-0.2, -0.15) is 4.31 Å². The molecule has 1 saturated heterocycles. The summed E-state index contributed by atoms with van der Waals surface area (Å²) in [5.41, 5.74) is 0. The molecular formula is C14H21FN2O3S. The molecule has 2 rings (SSSR count). The second-order valence-corrected chi connectivity index (χ2v) is 6.93. The first-order valence-electron chi connectivity index (χ1n) is 7.01. The number of benzene rings is 1. The lowest BCUT2D eigenvalue weighted by Gasteiger charge is -2.21. The van der Waals surface area contributed by atoms with E-state index in [1.165, 1.54) is 22.5 Å². The van der Waals surface area contributed by atoms with Gasteiger partial charge in [-0.05, 0) is 25.1 Å². The van der Waals surface area contributed by atoms with E-state index >= 15 is 0 Å². The molecule has 0 aliphatic carbocycles. The first kappa shape index (κ1) is 16.4. The van der Waals surface area contributed by atoms with Gasteiger partial charge in [-0.25, -0.2) is 12.8 Å². The van der Waals surface area contributed by atoms with Crippen LogP contribution in [0.3, 0.4) is 0 Å². The maximum absolute atomic E-state index is 13.8. The predicted octanol–water partition coefficient (Wildman–Crippen LogP) is 1.17. The van der Waals surface area contributed by atoms with Gasteiger partial charge in [0.15, 0.2) is 0 Å². The van der Waals surface area contributed by atoms with Crippen molar-refractivity contribution >= 4 is 10.0 Å². The highest BCUT2D eigenvalue weighted by atomic mass is 32.2. The number of sulfonamides is 1. The third kappa shape index (κ3) is 4.00. The van der Waals surface area contributed by atoms with Crippen LogP contribution in [0.1, 0.15) is 6.42 Å². The third-order valence-electron chi connectivity index (χ3n) is 3.61. The Morgan fingerprint density at radius 2 is 1.95 bits per heavy atom. The minimum Gasteiger partial charge on any atom is -0.383 e. The smallest absolute Gasteiger partial charge is 0.246 e. The Hall–Kier alpha value is -1.02. The van der Waals surface area contributed by atoms with Crippen LogP contribution >= 0.6 is 0 Å². The van der Waals surface area contributed by atoms with E-state index in [1.807, 2.05) is 0 Å². The number of rotatable bonds is 5. The molecule has 1 aliphatic heterocycles. The second kappa shape index (κ2) is 7.31. The molecule has 0 aromatic heterocycles. The summed E-state index contributed by atoms with van der Waals surface area (Å²) in [5.74, 6) is -0.696. The average molecular weight is 316 g/mol. The summed E-state index contributed by atoms with van der Waals surface area (Å²) < 4.78 is 45.2. The zero-order chi connectivity index (χ0) is 15.3. The molecule has 1 aliphatic rings. The molecular weight excluding hydrogens is 295 g/mol. The van der Waals surface area contributed by atoms with Crippen molar-refractivity contribution in [2.45, 2.75) is 11.3 Å². The molecule has 0 radical (unpaired) electrons. The summed E-state index contributed by atoms with van der Waals surface area (Å²) >= 11 is 0. The van der Waals surface area contributed by atoms with Crippen molar-refractivity contribution in [1.29, 1.82) is 0 Å². The first-order chi connectivity index (χ1) is 10.1. The van der Waals surface area contributed by atoms with Gasteiger partial charge >= 0.3 is 0 Å². The molecule has 0 saturated carbocycles. The Labute approximate surface area is 125 Å². The molecule has 1 fully saturated rings. The van der Waals surface area contributed by atoms with E-state index in [0.29, 0.717) is 26.2 Å². The van der Waals surface area contributed by atoms with Crippen molar-refractivity contribution < 1.29 is 17.5 Å². The Balaban J connectivity index is 2.09. The summed E-state index contributed by atoms with van der Waals surface area (Å²) in [6.07, 6.45) is 0.734. The molecule has 0 amide bonds. The number of nitrogens with zero attached hydrogens (tertiary/aromatic N) is 2. The van der Waals surface area contributed by atoms with Crippen LogP contribution < -0.4 is 0 Å². The summed E-state index contributed by atoms with van der Waals surface area (Å²) in [7, 11) is -2.11. The zero-order valence-corrected chi connectivity index (χ0v) is 13.0. The maximum atomic E-state index is 13.8. The first-order valence-corrected chi connectivity index (χ1v) is 8.45. The van der Waals surface area contributed by atoms with E-state index in [2.05, 4.69) is 4.90 Å². The summed E-state index contributed by atoms with van der Waals surface area (Å²) in [6.45, 7) is 3.66. The topological polar surface area (TPSA) is 49.9 Å². The monoisotopic (exact) mass is 316 g/mol. The molecule has 0 atom stereocenters. The normalized spacial score (nSPS) is 18.6. The van der Waals surface area contributed by atoms with Crippen molar-refractivity contribution in [2.75, 3.05) is 46.4 Å². The van der Waals surface area contributed by atoms with Crippen LogP contribution in [0.2, 0.25) is 0 Å². The van der Waals surface area contributed by atoms with Crippen molar-refractivity contribution in [1.82, 2.24) is 9.21 Å². The highest BCUT2D eigenvalue weighted by Gasteiger charge is 2.28. The van der Waals surface area contributed by atoms with Gasteiger partial charge in [0.05, 0.1) is 6.61 Å². The predicted molar refractivity (Wildman–Crippen MR) is 78.1 cm³/mol. The Morgan fingerprint density at radius 3 is 2.67 bits per heavy atom. The number of halogens is 1. The number of hydrogen-bond donors (Lipinski definition) is 0. The number of hydrogen-bond acceptors (Lipinski definition) is 4. The minimum atomic E-state index is -3.76. The summed E-state index contributed by atoms with van der Waals surface area (Å²) in [4.78, 5) is 1.93. The second-order valence-electron chi connectivity index (χ2n) is 5.02. The molecule has 1 aromatic carbocycles. The Kier molecular flexibility index (Phi) is 5.69. The molecule has 7 heteroatoms. The molecule has 1 aromatic rings. The van der Waals surface area contributed by atoms with Crippen LogP contribution in [-0.4, -0.2) is 64.1 Å². The van der Waals surface area contributed by atoms with Crippen molar-refractivity contribution in [3.8, 4) is 0 Å². The van der Waals surface area contributed by atoms with Crippen LogP contribution in [-0.2, 0) is 14.8 Å². The standard InChI is InChI=1S/C14H21FN2O3S/c1-20-12-11-16-7-4-8-17(10-9-16)21(18,19)14-6-3-2-5-13(14)15/h2-3,5-6H,4,7-12H2,1H3. The van der Waals surface area contributed by atoms with E-state index in [9.17, 15) is 12.8 Å². The summed E-state index contributed by atoms with van der Waals surface area (Å²) in [5, 5.41) is 0. The lowest BCUT2D eigenvalue weighted by atomic mass is 10.3. The van der Waals surface area contributed by atoms with Gasteiger partial charge < -0.3 is 4.74 Å². The summed E-state index contributed by atoms with van der Waals surface area (Å²) in [6, 6.07) is 5.52. The number of ether oxygens (including phenoxy) is 1. The van der Waals surface area contributed by atoms with Gasteiger partial charge in [0.1, 0.15) is 10.7 Å². The zero-order valence-electron chi connectivity index (χ0n) is 12.2. The average Bonchev–Trinajstić information content (AvgIpc) is 2.71. The van der Waals surface area contributed by atoms with Crippen molar-refractivity contribution in [3.05, 3.63) is 30.1 Å². The highest BCUT2D eigenvalue weighted by molar-refractivity contribution is 7.89. The lowest BCUT2D eigenvalue weighted by Crippen LogP contribution is -2.36.